The molecule has 1 aliphatic rings. The van der Waals surface area contributed by atoms with Crippen molar-refractivity contribution in [2.45, 2.75) is 0 Å². The first-order valence-corrected chi connectivity index (χ1v) is 16.1. The van der Waals surface area contributed by atoms with E-state index in [1.807, 2.05) is 84.9 Å². The van der Waals surface area contributed by atoms with Gasteiger partial charge in [0, 0.05) is 82.2 Å². The fourth-order valence-corrected chi connectivity index (χ4v) is 5.09. The largest absolute Gasteiger partial charge is 0.324 e. The van der Waals surface area contributed by atoms with Gasteiger partial charge in [0.25, 0.3) is 0 Å². The Balaban J connectivity index is 0.000000604. The van der Waals surface area contributed by atoms with Gasteiger partial charge in [-0.3, -0.25) is 4.79 Å². The molecule has 0 atom stereocenters. The van der Waals surface area contributed by atoms with Gasteiger partial charge >= 0.3 is 0 Å². The highest BCUT2D eigenvalue weighted by atomic mass is 35.5. The quantitative estimate of drug-likeness (QED) is 0.120. The molecule has 2 aromatic heterocycles. The molecule has 0 spiro atoms. The first-order valence-electron chi connectivity index (χ1n) is 15.4. The number of benzene rings is 4. The van der Waals surface area contributed by atoms with Crippen LogP contribution >= 0.6 is 23.2 Å². The number of piperazine rings is 1. The van der Waals surface area contributed by atoms with Crippen LogP contribution in [0.1, 0.15) is 15.9 Å². The molecule has 240 valence electrons. The molecule has 1 fully saturated rings. The summed E-state index contributed by atoms with van der Waals surface area (Å²) >= 11 is 12.0. The molecule has 4 N–H and O–H groups in total. The maximum absolute atomic E-state index is 13.1. The van der Waals surface area contributed by atoms with E-state index in [1.54, 1.807) is 36.7 Å². The van der Waals surface area contributed by atoms with E-state index in [9.17, 15) is 4.79 Å². The molecule has 3 heterocycles. The van der Waals surface area contributed by atoms with Crippen LogP contribution in [0.15, 0.2) is 122 Å². The van der Waals surface area contributed by atoms with Crippen LogP contribution in [0.2, 0.25) is 10.0 Å². The summed E-state index contributed by atoms with van der Waals surface area (Å²) in [7, 11) is 0. The molecule has 48 heavy (non-hydrogen) atoms. The van der Waals surface area contributed by atoms with E-state index in [-0.39, 0.29) is 5.78 Å². The lowest BCUT2D eigenvalue weighted by atomic mass is 10.0. The molecular weight excluding hydrogens is 643 g/mol. The number of carbonyl (C=O) groups excluding carboxylic acids is 1. The van der Waals surface area contributed by atoms with E-state index in [4.69, 9.17) is 23.2 Å². The van der Waals surface area contributed by atoms with Gasteiger partial charge in [-0.05, 0) is 84.9 Å². The summed E-state index contributed by atoms with van der Waals surface area (Å²) in [5, 5.41) is 14.2. The number of nitrogens with zero attached hydrogens (tertiary/aromatic N) is 4. The molecule has 11 heteroatoms. The molecule has 6 aromatic rings. The molecule has 0 saturated carbocycles. The van der Waals surface area contributed by atoms with Gasteiger partial charge in [0.15, 0.2) is 5.78 Å². The van der Waals surface area contributed by atoms with Crippen molar-refractivity contribution in [1.82, 2.24) is 30.6 Å². The Morgan fingerprint density at radius 1 is 0.521 bits per heavy atom. The van der Waals surface area contributed by atoms with E-state index in [2.05, 4.69) is 41.2 Å². The lowest BCUT2D eigenvalue weighted by molar-refractivity contribution is 0.103. The number of carbonyl (C=O) groups is 1. The molecule has 1 aliphatic heterocycles. The van der Waals surface area contributed by atoms with Gasteiger partial charge in [-0.15, -0.1) is 0 Å². The topological polar surface area (TPSA) is 117 Å². The van der Waals surface area contributed by atoms with E-state index >= 15 is 0 Å². The third-order valence-electron chi connectivity index (χ3n) is 7.35. The van der Waals surface area contributed by atoms with Gasteiger partial charge in [-0.2, -0.15) is 0 Å². The molecular formula is C37H32Cl2N8O. The number of aromatic nitrogens is 4. The average Bonchev–Trinajstić information content (AvgIpc) is 3.14. The number of anilines is 4. The summed E-state index contributed by atoms with van der Waals surface area (Å²) in [6, 6.07) is 33.0. The van der Waals surface area contributed by atoms with E-state index in [0.717, 1.165) is 60.1 Å². The molecule has 0 unspecified atom stereocenters. The SMILES string of the molecule is C1CNCCN1.O=C(c1ccc(Nc2nccc(-c3ccc(Cl)cc3)n2)cc1)c1ccc(Nc2nccc(-c3ccc(Cl)cc3)n2)cc1. The smallest absolute Gasteiger partial charge is 0.227 e. The van der Waals surface area contributed by atoms with Crippen LogP contribution < -0.4 is 21.3 Å². The van der Waals surface area contributed by atoms with Gasteiger partial charge in [0.2, 0.25) is 11.9 Å². The number of rotatable bonds is 8. The minimum atomic E-state index is -0.0879. The molecule has 1 saturated heterocycles. The van der Waals surface area contributed by atoms with Gasteiger partial charge in [0.05, 0.1) is 11.4 Å². The minimum Gasteiger partial charge on any atom is -0.324 e. The normalized spacial score (nSPS) is 12.4. The van der Waals surface area contributed by atoms with E-state index < -0.39 is 0 Å². The zero-order valence-corrected chi connectivity index (χ0v) is 27.3. The summed E-state index contributed by atoms with van der Waals surface area (Å²) in [5.41, 5.74) is 6.08. The van der Waals surface area contributed by atoms with Crippen LogP contribution in [-0.2, 0) is 0 Å². The van der Waals surface area contributed by atoms with Gasteiger partial charge in [-0.25, -0.2) is 19.9 Å². The first kappa shape index (κ1) is 32.7. The number of hydrogen-bond donors (Lipinski definition) is 4. The van der Waals surface area contributed by atoms with Crippen LogP contribution in [0.25, 0.3) is 22.5 Å². The Morgan fingerprint density at radius 2 is 0.896 bits per heavy atom. The van der Waals surface area contributed by atoms with Crippen LogP contribution in [0, 0.1) is 0 Å². The average molecular weight is 676 g/mol. The zero-order chi connectivity index (χ0) is 33.1. The molecule has 9 nitrogen and oxygen atoms in total. The number of hydrogen-bond acceptors (Lipinski definition) is 9. The number of nitrogens with one attached hydrogen (secondary N) is 4. The summed E-state index contributed by atoms with van der Waals surface area (Å²) in [6.07, 6.45) is 3.39. The number of ketones is 1. The monoisotopic (exact) mass is 674 g/mol. The van der Waals surface area contributed by atoms with Crippen molar-refractivity contribution in [3.8, 4) is 22.5 Å². The van der Waals surface area contributed by atoms with Crippen molar-refractivity contribution in [3.05, 3.63) is 143 Å². The summed E-state index contributed by atoms with van der Waals surface area (Å²) in [4.78, 5) is 30.9. The number of halogens is 2. The van der Waals surface area contributed by atoms with Crippen molar-refractivity contribution < 1.29 is 4.79 Å². The fraction of sp³-hybridized carbons (Fsp3) is 0.108. The van der Waals surface area contributed by atoms with Crippen LogP contribution in [0.4, 0.5) is 23.3 Å². The second-order valence-corrected chi connectivity index (χ2v) is 11.7. The molecule has 0 radical (unpaired) electrons. The van der Waals surface area contributed by atoms with Crippen molar-refractivity contribution in [2.75, 3.05) is 36.8 Å². The lowest BCUT2D eigenvalue weighted by Crippen LogP contribution is -2.39. The van der Waals surface area contributed by atoms with Crippen molar-refractivity contribution in [3.63, 3.8) is 0 Å². The van der Waals surface area contributed by atoms with Gasteiger partial charge in [0.1, 0.15) is 0 Å². The fourth-order valence-electron chi connectivity index (χ4n) is 4.84. The summed E-state index contributed by atoms with van der Waals surface area (Å²) < 4.78 is 0. The Labute approximate surface area is 288 Å². The van der Waals surface area contributed by atoms with Crippen molar-refractivity contribution >= 4 is 52.3 Å². The zero-order valence-electron chi connectivity index (χ0n) is 25.8. The summed E-state index contributed by atoms with van der Waals surface area (Å²) in [6.45, 7) is 4.56. The predicted molar refractivity (Wildman–Crippen MR) is 194 cm³/mol. The van der Waals surface area contributed by atoms with Crippen molar-refractivity contribution in [1.29, 1.82) is 0 Å². The first-order chi connectivity index (χ1) is 23.5. The predicted octanol–water partition coefficient (Wildman–Crippen LogP) is 7.80. The Bertz CT molecular complexity index is 1800. The molecule has 0 aliphatic carbocycles. The highest BCUT2D eigenvalue weighted by Gasteiger charge is 2.11. The minimum absolute atomic E-state index is 0.0879. The molecule has 4 aromatic carbocycles. The Morgan fingerprint density at radius 3 is 1.25 bits per heavy atom. The maximum Gasteiger partial charge on any atom is 0.227 e. The molecule has 7 rings (SSSR count). The van der Waals surface area contributed by atoms with E-state index in [0.29, 0.717) is 33.1 Å². The lowest BCUT2D eigenvalue weighted by Gasteiger charge is -2.11. The molecule has 0 bridgehead atoms. The molecule has 0 amide bonds. The van der Waals surface area contributed by atoms with Crippen LogP contribution in [-0.4, -0.2) is 51.9 Å². The van der Waals surface area contributed by atoms with E-state index in [1.165, 1.54) is 0 Å². The maximum atomic E-state index is 13.1. The Hall–Kier alpha value is -5.19. The van der Waals surface area contributed by atoms with Gasteiger partial charge in [-0.1, -0.05) is 47.5 Å². The third kappa shape index (κ3) is 8.99. The summed E-state index contributed by atoms with van der Waals surface area (Å²) in [5.74, 6) is 0.815. The highest BCUT2D eigenvalue weighted by molar-refractivity contribution is 6.30. The van der Waals surface area contributed by atoms with Crippen LogP contribution in [0.3, 0.4) is 0 Å². The third-order valence-corrected chi connectivity index (χ3v) is 7.86. The van der Waals surface area contributed by atoms with Gasteiger partial charge < -0.3 is 21.3 Å². The highest BCUT2D eigenvalue weighted by Crippen LogP contribution is 2.24. The standard InChI is InChI=1S/C33H22Cl2N6O.C4H10N2/c34-25-9-1-21(2-10-25)29-17-19-36-32(40-29)38-27-13-5-23(6-14-27)31(42)24-7-15-28(16-8-24)39-33-37-20-18-30(41-33)22-3-11-26(35)12-4-22;1-2-6-4-3-5-1/h1-20H,(H,36,38,40)(H,37,39,41);5-6H,1-4H2. The Kier molecular flexibility index (Phi) is 11.0. The second kappa shape index (κ2) is 16.1. The van der Waals surface area contributed by atoms with Crippen molar-refractivity contribution in [2.24, 2.45) is 0 Å². The second-order valence-electron chi connectivity index (χ2n) is 10.8. The van der Waals surface area contributed by atoms with Crippen LogP contribution in [0.5, 0.6) is 0 Å².